The molecule has 1 N–H and O–H groups in total. The van der Waals surface area contributed by atoms with Crippen LogP contribution in [0, 0.1) is 0 Å². The first-order valence-corrected chi connectivity index (χ1v) is 6.98. The van der Waals surface area contributed by atoms with Gasteiger partial charge in [0.1, 0.15) is 0 Å². The molecule has 2 atom stereocenters. The molecule has 0 aromatic heterocycles. The molecule has 2 unspecified atom stereocenters. The zero-order valence-corrected chi connectivity index (χ0v) is 10.5. The Morgan fingerprint density at radius 3 is 2.60 bits per heavy atom. The van der Waals surface area contributed by atoms with Crippen molar-refractivity contribution in [3.05, 3.63) is 0 Å². The topological polar surface area (TPSA) is 27.6 Å². The van der Waals surface area contributed by atoms with Crippen molar-refractivity contribution in [3.8, 4) is 0 Å². The van der Waals surface area contributed by atoms with Gasteiger partial charge < -0.3 is 0 Å². The Labute approximate surface area is 96.7 Å². The van der Waals surface area contributed by atoms with Gasteiger partial charge in [0, 0.05) is 24.4 Å². The van der Waals surface area contributed by atoms with Crippen LogP contribution in [0.1, 0.15) is 39.5 Å². The summed E-state index contributed by atoms with van der Waals surface area (Å²) >= 11 is 1.86. The molecule has 4 heteroatoms. The molecule has 2 rings (SSSR count). The first-order chi connectivity index (χ1) is 7.27. The summed E-state index contributed by atoms with van der Waals surface area (Å²) in [4.78, 5) is 4.52. The monoisotopic (exact) mass is 227 g/mol. The van der Waals surface area contributed by atoms with E-state index in [0.29, 0.717) is 12.1 Å². The van der Waals surface area contributed by atoms with Crippen LogP contribution in [0.2, 0.25) is 0 Å². The standard InChI is InChI=1S/C11H21N3S/c1-9-5-3-6-10(2)14(9)13-11-12-7-4-8-15-11/h9-10H,3-8H2,1-2H3,(H,12,13). The van der Waals surface area contributed by atoms with Crippen molar-refractivity contribution in [2.75, 3.05) is 12.3 Å². The van der Waals surface area contributed by atoms with Crippen LogP contribution in [0.15, 0.2) is 4.99 Å². The number of nitrogens with one attached hydrogen (secondary N) is 1. The van der Waals surface area contributed by atoms with Crippen molar-refractivity contribution in [2.24, 2.45) is 4.99 Å². The Kier molecular flexibility index (Phi) is 3.92. The fourth-order valence-electron chi connectivity index (χ4n) is 2.28. The lowest BCUT2D eigenvalue weighted by molar-refractivity contribution is 0.0752. The van der Waals surface area contributed by atoms with E-state index in [0.717, 1.165) is 11.7 Å². The predicted molar refractivity (Wildman–Crippen MR) is 67.1 cm³/mol. The van der Waals surface area contributed by atoms with E-state index in [-0.39, 0.29) is 0 Å². The molecule has 0 bridgehead atoms. The quantitative estimate of drug-likeness (QED) is 0.744. The summed E-state index contributed by atoms with van der Waals surface area (Å²) in [5.41, 5.74) is 3.50. The van der Waals surface area contributed by atoms with Gasteiger partial charge in [-0.05, 0) is 33.1 Å². The second-order valence-electron chi connectivity index (χ2n) is 4.54. The molecular weight excluding hydrogens is 206 g/mol. The van der Waals surface area contributed by atoms with Crippen molar-refractivity contribution in [1.29, 1.82) is 0 Å². The van der Waals surface area contributed by atoms with E-state index in [4.69, 9.17) is 0 Å². The lowest BCUT2D eigenvalue weighted by Crippen LogP contribution is -2.53. The number of hydrogen-bond acceptors (Lipinski definition) is 4. The number of aliphatic imine (C=N–C) groups is 1. The summed E-state index contributed by atoms with van der Waals surface area (Å²) in [6.45, 7) is 5.60. The average Bonchev–Trinajstić information content (AvgIpc) is 2.25. The van der Waals surface area contributed by atoms with Gasteiger partial charge in [-0.3, -0.25) is 10.4 Å². The van der Waals surface area contributed by atoms with Crippen LogP contribution in [-0.2, 0) is 0 Å². The highest BCUT2D eigenvalue weighted by Crippen LogP contribution is 2.21. The van der Waals surface area contributed by atoms with Crippen LogP contribution in [0.5, 0.6) is 0 Å². The lowest BCUT2D eigenvalue weighted by atomic mass is 10.00. The molecule has 0 aliphatic carbocycles. The van der Waals surface area contributed by atoms with Crippen LogP contribution in [0.4, 0.5) is 0 Å². The van der Waals surface area contributed by atoms with Crippen LogP contribution in [0.3, 0.4) is 0 Å². The highest BCUT2D eigenvalue weighted by Gasteiger charge is 2.25. The van der Waals surface area contributed by atoms with Gasteiger partial charge in [-0.25, -0.2) is 5.01 Å². The first-order valence-electron chi connectivity index (χ1n) is 5.99. The van der Waals surface area contributed by atoms with Gasteiger partial charge in [0.15, 0.2) is 5.17 Å². The van der Waals surface area contributed by atoms with Crippen molar-refractivity contribution < 1.29 is 0 Å². The number of rotatable bonds is 1. The highest BCUT2D eigenvalue weighted by atomic mass is 32.2. The lowest BCUT2D eigenvalue weighted by Gasteiger charge is -2.39. The van der Waals surface area contributed by atoms with Crippen molar-refractivity contribution in [1.82, 2.24) is 10.4 Å². The molecule has 2 aliphatic rings. The van der Waals surface area contributed by atoms with Crippen molar-refractivity contribution >= 4 is 16.9 Å². The van der Waals surface area contributed by atoms with E-state index >= 15 is 0 Å². The largest absolute Gasteiger partial charge is 0.297 e. The smallest absolute Gasteiger partial charge is 0.171 e. The second-order valence-corrected chi connectivity index (χ2v) is 5.62. The minimum absolute atomic E-state index is 0.638. The fourth-order valence-corrected chi connectivity index (χ4v) is 3.10. The first kappa shape index (κ1) is 11.3. The van der Waals surface area contributed by atoms with Crippen LogP contribution < -0.4 is 5.43 Å². The zero-order chi connectivity index (χ0) is 10.7. The van der Waals surface area contributed by atoms with Crippen molar-refractivity contribution in [3.63, 3.8) is 0 Å². The van der Waals surface area contributed by atoms with Gasteiger partial charge in [-0.1, -0.05) is 18.2 Å². The van der Waals surface area contributed by atoms with E-state index in [2.05, 4.69) is 29.3 Å². The number of nitrogens with zero attached hydrogens (tertiary/aromatic N) is 2. The molecule has 0 spiro atoms. The summed E-state index contributed by atoms with van der Waals surface area (Å²) in [6, 6.07) is 1.28. The summed E-state index contributed by atoms with van der Waals surface area (Å²) in [7, 11) is 0. The summed E-state index contributed by atoms with van der Waals surface area (Å²) in [5, 5.41) is 3.52. The molecule has 0 aromatic rings. The summed E-state index contributed by atoms with van der Waals surface area (Å²) in [6.07, 6.45) is 5.19. The number of piperidine rings is 1. The highest BCUT2D eigenvalue weighted by molar-refractivity contribution is 8.13. The maximum Gasteiger partial charge on any atom is 0.171 e. The minimum Gasteiger partial charge on any atom is -0.297 e. The maximum atomic E-state index is 4.52. The molecule has 1 fully saturated rings. The van der Waals surface area contributed by atoms with Crippen LogP contribution >= 0.6 is 11.8 Å². The van der Waals surface area contributed by atoms with Gasteiger partial charge in [-0.2, -0.15) is 0 Å². The maximum absolute atomic E-state index is 4.52. The third kappa shape index (κ3) is 2.88. The number of thioether (sulfide) groups is 1. The molecule has 86 valence electrons. The predicted octanol–water partition coefficient (Wildman–Crippen LogP) is 2.25. The van der Waals surface area contributed by atoms with E-state index in [9.17, 15) is 0 Å². The van der Waals surface area contributed by atoms with Gasteiger partial charge >= 0.3 is 0 Å². The molecular formula is C11H21N3S. The normalized spacial score (nSPS) is 33.6. The van der Waals surface area contributed by atoms with Gasteiger partial charge in [0.2, 0.25) is 0 Å². The third-order valence-electron chi connectivity index (χ3n) is 3.21. The molecule has 2 heterocycles. The van der Waals surface area contributed by atoms with E-state index in [1.807, 2.05) is 11.8 Å². The molecule has 0 saturated carbocycles. The van der Waals surface area contributed by atoms with Crippen molar-refractivity contribution in [2.45, 2.75) is 51.6 Å². The number of amidine groups is 1. The Bertz CT molecular complexity index is 232. The Hall–Kier alpha value is -0.220. The molecule has 0 radical (unpaired) electrons. The average molecular weight is 227 g/mol. The third-order valence-corrected chi connectivity index (χ3v) is 4.20. The molecule has 2 aliphatic heterocycles. The number of hydrogen-bond donors (Lipinski definition) is 1. The SMILES string of the molecule is CC1CCCC(C)N1NC1=NCCCS1. The Morgan fingerprint density at radius 1 is 1.27 bits per heavy atom. The van der Waals surface area contributed by atoms with Crippen LogP contribution in [0.25, 0.3) is 0 Å². The molecule has 15 heavy (non-hydrogen) atoms. The minimum atomic E-state index is 0.638. The van der Waals surface area contributed by atoms with E-state index < -0.39 is 0 Å². The van der Waals surface area contributed by atoms with E-state index in [1.165, 1.54) is 31.4 Å². The summed E-state index contributed by atoms with van der Waals surface area (Å²) in [5.74, 6) is 1.21. The van der Waals surface area contributed by atoms with Gasteiger partial charge in [0.25, 0.3) is 0 Å². The molecule has 0 amide bonds. The number of hydrazine groups is 1. The fraction of sp³-hybridized carbons (Fsp3) is 0.909. The summed E-state index contributed by atoms with van der Waals surface area (Å²) < 4.78 is 0. The molecule has 0 aromatic carbocycles. The Morgan fingerprint density at radius 2 is 2.00 bits per heavy atom. The molecule has 1 saturated heterocycles. The second kappa shape index (κ2) is 5.21. The van der Waals surface area contributed by atoms with Crippen LogP contribution in [-0.4, -0.2) is 34.6 Å². The van der Waals surface area contributed by atoms with Gasteiger partial charge in [-0.15, -0.1) is 0 Å². The zero-order valence-electron chi connectivity index (χ0n) is 9.70. The Balaban J connectivity index is 1.93. The van der Waals surface area contributed by atoms with E-state index in [1.54, 1.807) is 0 Å². The van der Waals surface area contributed by atoms with Gasteiger partial charge in [0.05, 0.1) is 0 Å². The molecule has 3 nitrogen and oxygen atoms in total.